The Morgan fingerprint density at radius 2 is 2.05 bits per heavy atom. The van der Waals surface area contributed by atoms with Gasteiger partial charge in [0.1, 0.15) is 5.75 Å². The number of hydrogen-bond donors (Lipinski definition) is 2. The van der Waals surface area contributed by atoms with E-state index >= 15 is 0 Å². The van der Waals surface area contributed by atoms with E-state index in [2.05, 4.69) is 5.32 Å². The van der Waals surface area contributed by atoms with Crippen molar-refractivity contribution in [2.24, 2.45) is 0 Å². The Kier molecular flexibility index (Phi) is 6.69. The minimum atomic E-state index is -0.797. The highest BCUT2D eigenvalue weighted by Gasteiger charge is 2.23. The fourth-order valence-corrected chi connectivity index (χ4v) is 2.18. The molecule has 0 aliphatic heterocycles. The molecule has 0 radical (unpaired) electrons. The van der Waals surface area contributed by atoms with Gasteiger partial charge in [0.05, 0.1) is 12.7 Å². The van der Waals surface area contributed by atoms with Crippen LogP contribution in [0.2, 0.25) is 0 Å². The lowest BCUT2D eigenvalue weighted by Crippen LogP contribution is -2.42. The molecule has 0 saturated heterocycles. The molecular weight excluding hydrogens is 266 g/mol. The van der Waals surface area contributed by atoms with E-state index in [0.29, 0.717) is 25.8 Å². The highest BCUT2D eigenvalue weighted by Crippen LogP contribution is 2.23. The predicted molar refractivity (Wildman–Crippen MR) is 84.6 cm³/mol. The average molecular weight is 293 g/mol. The second-order valence-electron chi connectivity index (χ2n) is 5.59. The molecule has 1 aromatic carbocycles. The van der Waals surface area contributed by atoms with E-state index in [0.717, 1.165) is 11.3 Å². The van der Waals surface area contributed by atoms with Crippen LogP contribution in [0.5, 0.6) is 5.75 Å². The molecule has 118 valence electrons. The lowest BCUT2D eigenvalue weighted by Gasteiger charge is -2.25. The van der Waals surface area contributed by atoms with E-state index < -0.39 is 5.60 Å². The summed E-state index contributed by atoms with van der Waals surface area (Å²) in [7, 11) is 1.63. The molecule has 4 heteroatoms. The third kappa shape index (κ3) is 5.38. The minimum absolute atomic E-state index is 0.0364. The van der Waals surface area contributed by atoms with E-state index in [1.165, 1.54) is 0 Å². The topological polar surface area (TPSA) is 58.6 Å². The quantitative estimate of drug-likeness (QED) is 0.775. The van der Waals surface area contributed by atoms with Crippen LogP contribution >= 0.6 is 0 Å². The smallest absolute Gasteiger partial charge is 0.220 e. The van der Waals surface area contributed by atoms with Gasteiger partial charge in [-0.05, 0) is 36.5 Å². The number of rotatable bonds is 8. The monoisotopic (exact) mass is 293 g/mol. The Balaban J connectivity index is 2.54. The zero-order valence-electron chi connectivity index (χ0n) is 13.5. The van der Waals surface area contributed by atoms with Crippen LogP contribution < -0.4 is 10.1 Å². The summed E-state index contributed by atoms with van der Waals surface area (Å²) in [5.74, 6) is 0.869. The Bertz CT molecular complexity index is 455. The Morgan fingerprint density at radius 3 is 2.62 bits per heavy atom. The zero-order valence-corrected chi connectivity index (χ0v) is 13.5. The molecule has 0 aliphatic rings. The van der Waals surface area contributed by atoms with E-state index in [9.17, 15) is 9.90 Å². The van der Waals surface area contributed by atoms with Crippen molar-refractivity contribution >= 4 is 5.91 Å². The SMILES string of the molecule is CCC(O)(CC)CNC(=O)CC(C)c1cccc(OC)c1. The molecule has 1 amide bonds. The fourth-order valence-electron chi connectivity index (χ4n) is 2.18. The molecule has 2 N–H and O–H groups in total. The summed E-state index contributed by atoms with van der Waals surface area (Å²) in [6, 6.07) is 7.76. The van der Waals surface area contributed by atoms with Gasteiger partial charge in [-0.2, -0.15) is 0 Å². The first-order valence-corrected chi connectivity index (χ1v) is 7.57. The van der Waals surface area contributed by atoms with E-state index in [1.807, 2.05) is 45.0 Å². The lowest BCUT2D eigenvalue weighted by molar-refractivity contribution is -0.122. The Morgan fingerprint density at radius 1 is 1.38 bits per heavy atom. The van der Waals surface area contributed by atoms with Crippen molar-refractivity contribution in [3.8, 4) is 5.75 Å². The molecule has 0 heterocycles. The van der Waals surface area contributed by atoms with E-state index in [-0.39, 0.29) is 11.8 Å². The second-order valence-corrected chi connectivity index (χ2v) is 5.59. The molecule has 0 aliphatic carbocycles. The number of amides is 1. The van der Waals surface area contributed by atoms with E-state index in [4.69, 9.17) is 4.74 Å². The molecule has 1 atom stereocenters. The van der Waals surface area contributed by atoms with Gasteiger partial charge in [0.15, 0.2) is 0 Å². The van der Waals surface area contributed by atoms with Crippen molar-refractivity contribution in [2.75, 3.05) is 13.7 Å². The molecule has 0 fully saturated rings. The van der Waals surface area contributed by atoms with Crippen LogP contribution in [0, 0.1) is 0 Å². The first kappa shape index (κ1) is 17.5. The van der Waals surface area contributed by atoms with Crippen molar-refractivity contribution in [3.63, 3.8) is 0 Å². The maximum absolute atomic E-state index is 12.0. The van der Waals surface area contributed by atoms with Gasteiger partial charge in [-0.25, -0.2) is 0 Å². The molecule has 0 saturated carbocycles. The van der Waals surface area contributed by atoms with Crippen LogP contribution in [-0.2, 0) is 4.79 Å². The number of carbonyl (C=O) groups is 1. The fraction of sp³-hybridized carbons (Fsp3) is 0.588. The number of aliphatic hydroxyl groups is 1. The first-order valence-electron chi connectivity index (χ1n) is 7.57. The van der Waals surface area contributed by atoms with Crippen molar-refractivity contribution in [1.82, 2.24) is 5.32 Å². The summed E-state index contributed by atoms with van der Waals surface area (Å²) in [6.45, 7) is 6.17. The van der Waals surface area contributed by atoms with Crippen LogP contribution in [0.1, 0.15) is 51.5 Å². The summed E-state index contributed by atoms with van der Waals surface area (Å²) in [5, 5.41) is 13.0. The number of benzene rings is 1. The summed E-state index contributed by atoms with van der Waals surface area (Å²) in [5.41, 5.74) is 0.278. The molecule has 1 aromatic rings. The Labute approximate surface area is 127 Å². The van der Waals surface area contributed by atoms with Gasteiger partial charge in [-0.1, -0.05) is 32.9 Å². The third-order valence-electron chi connectivity index (χ3n) is 4.09. The van der Waals surface area contributed by atoms with Crippen molar-refractivity contribution in [3.05, 3.63) is 29.8 Å². The molecule has 0 spiro atoms. The van der Waals surface area contributed by atoms with Gasteiger partial charge in [0.2, 0.25) is 5.91 Å². The van der Waals surface area contributed by atoms with Crippen LogP contribution in [-0.4, -0.2) is 30.3 Å². The molecule has 1 unspecified atom stereocenters. The molecule has 1 rings (SSSR count). The number of hydrogen-bond acceptors (Lipinski definition) is 3. The first-order chi connectivity index (χ1) is 9.94. The van der Waals surface area contributed by atoms with Gasteiger partial charge < -0.3 is 15.2 Å². The van der Waals surface area contributed by atoms with Crippen LogP contribution in [0.4, 0.5) is 0 Å². The van der Waals surface area contributed by atoms with Crippen molar-refractivity contribution in [1.29, 1.82) is 0 Å². The largest absolute Gasteiger partial charge is 0.497 e. The van der Waals surface area contributed by atoms with Gasteiger partial charge in [-0.15, -0.1) is 0 Å². The second kappa shape index (κ2) is 8.03. The number of nitrogens with one attached hydrogen (secondary N) is 1. The molecule has 4 nitrogen and oxygen atoms in total. The predicted octanol–water partition coefficient (Wildman–Crippen LogP) is 2.86. The maximum atomic E-state index is 12.0. The summed E-state index contributed by atoms with van der Waals surface area (Å²) < 4.78 is 5.20. The van der Waals surface area contributed by atoms with Gasteiger partial charge in [0, 0.05) is 13.0 Å². The summed E-state index contributed by atoms with van der Waals surface area (Å²) in [4.78, 5) is 12.0. The van der Waals surface area contributed by atoms with Gasteiger partial charge >= 0.3 is 0 Å². The van der Waals surface area contributed by atoms with Crippen molar-refractivity contribution in [2.45, 2.75) is 51.6 Å². The molecule has 0 aromatic heterocycles. The van der Waals surface area contributed by atoms with Crippen LogP contribution in [0.15, 0.2) is 24.3 Å². The van der Waals surface area contributed by atoms with E-state index in [1.54, 1.807) is 7.11 Å². The highest BCUT2D eigenvalue weighted by atomic mass is 16.5. The minimum Gasteiger partial charge on any atom is -0.497 e. The zero-order chi connectivity index (χ0) is 15.9. The third-order valence-corrected chi connectivity index (χ3v) is 4.09. The number of ether oxygens (including phenoxy) is 1. The number of carbonyl (C=O) groups excluding carboxylic acids is 1. The summed E-state index contributed by atoms with van der Waals surface area (Å²) >= 11 is 0. The average Bonchev–Trinajstić information content (AvgIpc) is 2.52. The summed E-state index contributed by atoms with van der Waals surface area (Å²) in [6.07, 6.45) is 1.67. The normalized spacial score (nSPS) is 12.8. The Hall–Kier alpha value is -1.55. The molecular formula is C17H27NO3. The molecule has 21 heavy (non-hydrogen) atoms. The standard InChI is InChI=1S/C17H27NO3/c1-5-17(20,6-2)12-18-16(19)10-13(3)14-8-7-9-15(11-14)21-4/h7-9,11,13,20H,5-6,10,12H2,1-4H3,(H,18,19). The highest BCUT2D eigenvalue weighted by molar-refractivity contribution is 5.76. The lowest BCUT2D eigenvalue weighted by atomic mass is 9.95. The number of methoxy groups -OCH3 is 1. The van der Waals surface area contributed by atoms with Gasteiger partial charge in [-0.3, -0.25) is 4.79 Å². The maximum Gasteiger partial charge on any atom is 0.220 e. The van der Waals surface area contributed by atoms with Gasteiger partial charge in [0.25, 0.3) is 0 Å². The van der Waals surface area contributed by atoms with Crippen LogP contribution in [0.3, 0.4) is 0 Å². The van der Waals surface area contributed by atoms with Crippen molar-refractivity contribution < 1.29 is 14.6 Å². The van der Waals surface area contributed by atoms with Crippen LogP contribution in [0.25, 0.3) is 0 Å². The molecule has 0 bridgehead atoms.